The maximum atomic E-state index is 13.1. The lowest BCUT2D eigenvalue weighted by atomic mass is 9.78. The molecular weight excluding hydrogens is 354 g/mol. The van der Waals surface area contributed by atoms with Gasteiger partial charge < -0.3 is 14.7 Å². The summed E-state index contributed by atoms with van der Waals surface area (Å²) in [6.45, 7) is 0.880. The predicted molar refractivity (Wildman–Crippen MR) is 106 cm³/mol. The minimum Gasteiger partial charge on any atom is -0.490 e. The van der Waals surface area contributed by atoms with E-state index in [9.17, 15) is 9.59 Å². The molecule has 1 aromatic carbocycles. The third-order valence-electron chi connectivity index (χ3n) is 6.93. The minimum absolute atomic E-state index is 0.0715. The van der Waals surface area contributed by atoms with Crippen molar-refractivity contribution in [2.24, 2.45) is 11.8 Å². The van der Waals surface area contributed by atoms with Crippen LogP contribution in [0.2, 0.25) is 0 Å². The van der Waals surface area contributed by atoms with Crippen LogP contribution in [0.5, 0.6) is 5.75 Å². The van der Waals surface area contributed by atoms with Gasteiger partial charge in [-0.3, -0.25) is 9.59 Å². The van der Waals surface area contributed by atoms with Gasteiger partial charge in [-0.15, -0.1) is 0 Å². The normalized spacial score (nSPS) is 30.4. The fraction of sp³-hybridized carbons (Fsp3) is 0.652. The summed E-state index contributed by atoms with van der Waals surface area (Å²) < 4.78 is 6.03. The number of likely N-dealkylation sites (tertiary alicyclic amines) is 1. The summed E-state index contributed by atoms with van der Waals surface area (Å²) in [7, 11) is 0. The number of carboxylic acid groups (broad SMARTS) is 1. The lowest BCUT2D eigenvalue weighted by Gasteiger charge is -2.44. The van der Waals surface area contributed by atoms with Crippen molar-refractivity contribution in [2.75, 3.05) is 6.54 Å². The van der Waals surface area contributed by atoms with Crippen molar-refractivity contribution >= 4 is 11.9 Å². The number of carbonyl (C=O) groups is 2. The number of ether oxygens (including phenoxy) is 1. The van der Waals surface area contributed by atoms with Crippen molar-refractivity contribution in [3.05, 3.63) is 29.8 Å². The molecule has 152 valence electrons. The van der Waals surface area contributed by atoms with Crippen LogP contribution < -0.4 is 4.74 Å². The highest BCUT2D eigenvalue weighted by molar-refractivity contribution is 5.94. The summed E-state index contributed by atoms with van der Waals surface area (Å²) >= 11 is 0. The number of hydrogen-bond donors (Lipinski definition) is 1. The lowest BCUT2D eigenvalue weighted by molar-refractivity contribution is -0.143. The van der Waals surface area contributed by atoms with Gasteiger partial charge in [0.25, 0.3) is 5.91 Å². The monoisotopic (exact) mass is 385 g/mol. The first-order chi connectivity index (χ1) is 13.6. The smallest absolute Gasteiger partial charge is 0.306 e. The summed E-state index contributed by atoms with van der Waals surface area (Å²) in [6, 6.07) is 7.97. The van der Waals surface area contributed by atoms with E-state index in [2.05, 4.69) is 4.90 Å². The molecule has 1 N–H and O–H groups in total. The van der Waals surface area contributed by atoms with Gasteiger partial charge >= 0.3 is 5.97 Å². The Morgan fingerprint density at radius 2 is 1.57 bits per heavy atom. The van der Waals surface area contributed by atoms with E-state index in [0.29, 0.717) is 24.8 Å². The van der Waals surface area contributed by atoms with Crippen LogP contribution >= 0.6 is 0 Å². The molecule has 4 rings (SSSR count). The lowest BCUT2D eigenvalue weighted by Crippen LogP contribution is -2.49. The first kappa shape index (κ1) is 19.3. The summed E-state index contributed by atoms with van der Waals surface area (Å²) in [4.78, 5) is 26.3. The van der Waals surface area contributed by atoms with E-state index in [1.165, 1.54) is 25.7 Å². The molecule has 1 aliphatic heterocycles. The number of piperidine rings is 1. The number of amides is 1. The Kier molecular flexibility index (Phi) is 5.88. The number of benzene rings is 1. The summed E-state index contributed by atoms with van der Waals surface area (Å²) in [5.74, 6) is 0.692. The standard InChI is InChI=1S/C23H31NO4/c25-22(24-15-3-5-16-4-1-2-6-21(16)24)17-7-11-19(12-8-17)28-20-13-9-18(10-14-20)23(26)27/h7-8,11-12,16,18,20-21H,1-6,9-10,13-15H2,(H,26,27). The number of carboxylic acids is 1. The van der Waals surface area contributed by atoms with E-state index in [0.717, 1.165) is 43.5 Å². The zero-order valence-electron chi connectivity index (χ0n) is 16.5. The van der Waals surface area contributed by atoms with Gasteiger partial charge in [0.1, 0.15) is 5.75 Å². The SMILES string of the molecule is O=C(O)C1CCC(Oc2ccc(C(=O)N3CCCC4CCCCC43)cc2)CC1. The molecular formula is C23H31NO4. The fourth-order valence-electron chi connectivity index (χ4n) is 5.34. The number of rotatable bonds is 4. The van der Waals surface area contributed by atoms with E-state index in [1.807, 2.05) is 24.3 Å². The van der Waals surface area contributed by atoms with Gasteiger partial charge in [-0.1, -0.05) is 12.8 Å². The maximum Gasteiger partial charge on any atom is 0.306 e. The van der Waals surface area contributed by atoms with Gasteiger partial charge in [-0.2, -0.15) is 0 Å². The Hall–Kier alpha value is -2.04. The van der Waals surface area contributed by atoms with E-state index in [-0.39, 0.29) is 17.9 Å². The molecule has 1 heterocycles. The molecule has 0 aromatic heterocycles. The molecule has 3 aliphatic rings. The summed E-state index contributed by atoms with van der Waals surface area (Å²) in [5.41, 5.74) is 0.744. The van der Waals surface area contributed by atoms with Crippen LogP contribution in [0.3, 0.4) is 0 Å². The molecule has 0 bridgehead atoms. The first-order valence-electron chi connectivity index (χ1n) is 10.9. The second-order valence-corrected chi connectivity index (χ2v) is 8.71. The minimum atomic E-state index is -0.695. The van der Waals surface area contributed by atoms with Gasteiger partial charge in [0.2, 0.25) is 0 Å². The van der Waals surface area contributed by atoms with Crippen molar-refractivity contribution in [2.45, 2.75) is 76.4 Å². The number of hydrogen-bond acceptors (Lipinski definition) is 3. The molecule has 1 saturated heterocycles. The average Bonchev–Trinajstić information content (AvgIpc) is 2.74. The van der Waals surface area contributed by atoms with Crippen LogP contribution in [0, 0.1) is 11.8 Å². The zero-order chi connectivity index (χ0) is 19.5. The van der Waals surface area contributed by atoms with Gasteiger partial charge in [0.15, 0.2) is 0 Å². The molecule has 5 heteroatoms. The van der Waals surface area contributed by atoms with Gasteiger partial charge in [-0.05, 0) is 81.5 Å². The van der Waals surface area contributed by atoms with Crippen molar-refractivity contribution in [3.63, 3.8) is 0 Å². The molecule has 5 nitrogen and oxygen atoms in total. The molecule has 28 heavy (non-hydrogen) atoms. The highest BCUT2D eigenvalue weighted by Gasteiger charge is 2.36. The highest BCUT2D eigenvalue weighted by Crippen LogP contribution is 2.36. The molecule has 3 fully saturated rings. The first-order valence-corrected chi connectivity index (χ1v) is 10.9. The summed E-state index contributed by atoms with van der Waals surface area (Å²) in [6.07, 6.45) is 10.3. The van der Waals surface area contributed by atoms with Crippen LogP contribution in [-0.4, -0.2) is 40.6 Å². The topological polar surface area (TPSA) is 66.8 Å². The molecule has 0 radical (unpaired) electrons. The molecule has 2 atom stereocenters. The molecule has 1 aromatic rings. The van der Waals surface area contributed by atoms with Crippen molar-refractivity contribution < 1.29 is 19.4 Å². The Bertz CT molecular complexity index is 691. The van der Waals surface area contributed by atoms with Gasteiger partial charge in [0, 0.05) is 18.2 Å². The molecule has 2 aliphatic carbocycles. The largest absolute Gasteiger partial charge is 0.490 e. The van der Waals surface area contributed by atoms with Crippen LogP contribution in [0.1, 0.15) is 74.6 Å². The van der Waals surface area contributed by atoms with Crippen molar-refractivity contribution in [1.29, 1.82) is 0 Å². The molecule has 2 unspecified atom stereocenters. The Morgan fingerprint density at radius 1 is 0.893 bits per heavy atom. The second-order valence-electron chi connectivity index (χ2n) is 8.71. The van der Waals surface area contributed by atoms with E-state index >= 15 is 0 Å². The van der Waals surface area contributed by atoms with Crippen molar-refractivity contribution in [1.82, 2.24) is 4.90 Å². The van der Waals surface area contributed by atoms with E-state index in [4.69, 9.17) is 9.84 Å². The van der Waals surface area contributed by atoms with E-state index < -0.39 is 5.97 Å². The van der Waals surface area contributed by atoms with Crippen LogP contribution in [0.25, 0.3) is 0 Å². The van der Waals surface area contributed by atoms with Gasteiger partial charge in [-0.25, -0.2) is 0 Å². The number of carbonyl (C=O) groups excluding carboxylic acids is 1. The summed E-state index contributed by atoms with van der Waals surface area (Å²) in [5, 5.41) is 9.10. The third kappa shape index (κ3) is 4.18. The number of nitrogens with zero attached hydrogens (tertiary/aromatic N) is 1. The average molecular weight is 386 g/mol. The zero-order valence-corrected chi connectivity index (χ0v) is 16.5. The predicted octanol–water partition coefficient (Wildman–Crippen LogP) is 4.50. The van der Waals surface area contributed by atoms with Crippen molar-refractivity contribution in [3.8, 4) is 5.75 Å². The van der Waals surface area contributed by atoms with Crippen LogP contribution in [-0.2, 0) is 4.79 Å². The maximum absolute atomic E-state index is 13.1. The third-order valence-corrected chi connectivity index (χ3v) is 6.93. The Morgan fingerprint density at radius 3 is 2.29 bits per heavy atom. The molecule has 0 spiro atoms. The Balaban J connectivity index is 1.35. The van der Waals surface area contributed by atoms with E-state index in [1.54, 1.807) is 0 Å². The van der Waals surface area contributed by atoms with Gasteiger partial charge in [0.05, 0.1) is 12.0 Å². The molecule has 2 saturated carbocycles. The number of fused-ring (bicyclic) bond motifs is 1. The second kappa shape index (κ2) is 8.54. The fourth-order valence-corrected chi connectivity index (χ4v) is 5.34. The Labute approximate surface area is 167 Å². The highest BCUT2D eigenvalue weighted by atomic mass is 16.5. The number of aliphatic carboxylic acids is 1. The van der Waals surface area contributed by atoms with Crippen LogP contribution in [0.15, 0.2) is 24.3 Å². The van der Waals surface area contributed by atoms with Crippen LogP contribution in [0.4, 0.5) is 0 Å². The quantitative estimate of drug-likeness (QED) is 0.828. The molecule has 1 amide bonds.